The van der Waals surface area contributed by atoms with Gasteiger partial charge in [-0.1, -0.05) is 0 Å². The molecule has 0 N–H and O–H groups in total. The second-order valence-corrected chi connectivity index (χ2v) is 3.84. The first-order valence-corrected chi connectivity index (χ1v) is 5.48. The summed E-state index contributed by atoms with van der Waals surface area (Å²) >= 11 is 10.0. The number of halogens is 1. The minimum absolute atomic E-state index is 0.0763. The fraction of sp³-hybridized carbons (Fsp3) is 0.273. The van der Waals surface area contributed by atoms with Crippen LogP contribution in [0.25, 0.3) is 0 Å². The number of hydrogen-bond donors (Lipinski definition) is 1. The van der Waals surface area contributed by atoms with Crippen molar-refractivity contribution in [2.75, 3.05) is 7.11 Å². The number of hydrogen-bond acceptors (Lipinski definition) is 4. The Morgan fingerprint density at radius 1 is 1.56 bits per heavy atom. The van der Waals surface area contributed by atoms with E-state index in [2.05, 4.69) is 17.4 Å². The van der Waals surface area contributed by atoms with E-state index in [-0.39, 0.29) is 18.3 Å². The van der Waals surface area contributed by atoms with Crippen LogP contribution < -0.4 is 0 Å². The Morgan fingerprint density at radius 2 is 2.25 bits per heavy atom. The van der Waals surface area contributed by atoms with E-state index in [1.54, 1.807) is 12.1 Å². The van der Waals surface area contributed by atoms with Crippen molar-refractivity contribution in [1.82, 2.24) is 0 Å². The number of benzene rings is 1. The summed E-state index contributed by atoms with van der Waals surface area (Å²) in [6.07, 6.45) is 0.0763. The van der Waals surface area contributed by atoms with E-state index in [9.17, 15) is 4.79 Å². The highest BCUT2D eigenvalue weighted by molar-refractivity contribution is 7.80. The SMILES string of the molecule is COC(=O)Cc1c(S)ccc(C#N)c1CCl. The number of rotatable bonds is 3. The van der Waals surface area contributed by atoms with Crippen LogP contribution in [0.3, 0.4) is 0 Å². The van der Waals surface area contributed by atoms with Crippen molar-refractivity contribution < 1.29 is 9.53 Å². The highest BCUT2D eigenvalue weighted by Gasteiger charge is 2.14. The molecule has 1 rings (SSSR count). The molecule has 0 saturated carbocycles. The molecule has 5 heteroatoms. The average Bonchev–Trinajstić information content (AvgIpc) is 2.31. The monoisotopic (exact) mass is 255 g/mol. The van der Waals surface area contributed by atoms with Crippen molar-refractivity contribution in [3.8, 4) is 6.07 Å². The van der Waals surface area contributed by atoms with Crippen LogP contribution in [-0.4, -0.2) is 13.1 Å². The average molecular weight is 256 g/mol. The maximum absolute atomic E-state index is 11.2. The second kappa shape index (κ2) is 5.78. The first-order valence-electron chi connectivity index (χ1n) is 4.50. The zero-order valence-electron chi connectivity index (χ0n) is 8.66. The number of esters is 1. The van der Waals surface area contributed by atoms with E-state index in [1.807, 2.05) is 6.07 Å². The molecule has 0 heterocycles. The predicted molar refractivity (Wildman–Crippen MR) is 63.7 cm³/mol. The molecule has 0 amide bonds. The van der Waals surface area contributed by atoms with Crippen molar-refractivity contribution in [2.45, 2.75) is 17.2 Å². The van der Waals surface area contributed by atoms with Gasteiger partial charge in [-0.2, -0.15) is 5.26 Å². The Balaban J connectivity index is 3.24. The van der Waals surface area contributed by atoms with Gasteiger partial charge in [-0.15, -0.1) is 24.2 Å². The van der Waals surface area contributed by atoms with Crippen LogP contribution in [0.2, 0.25) is 0 Å². The molecule has 3 nitrogen and oxygen atoms in total. The molecule has 0 aliphatic heterocycles. The third-order valence-electron chi connectivity index (χ3n) is 2.21. The summed E-state index contributed by atoms with van der Waals surface area (Å²) < 4.78 is 4.58. The summed E-state index contributed by atoms with van der Waals surface area (Å²) in [5.41, 5.74) is 1.76. The third kappa shape index (κ3) is 2.69. The third-order valence-corrected chi connectivity index (χ3v) is 2.90. The minimum Gasteiger partial charge on any atom is -0.469 e. The molecule has 16 heavy (non-hydrogen) atoms. The van der Waals surface area contributed by atoms with Crippen molar-refractivity contribution in [3.05, 3.63) is 28.8 Å². The van der Waals surface area contributed by atoms with Gasteiger partial charge in [0.1, 0.15) is 0 Å². The van der Waals surface area contributed by atoms with Crippen LogP contribution in [0, 0.1) is 11.3 Å². The molecule has 0 radical (unpaired) electrons. The van der Waals surface area contributed by atoms with Crippen LogP contribution in [0.15, 0.2) is 17.0 Å². The molecule has 0 fully saturated rings. The van der Waals surface area contributed by atoms with E-state index in [0.29, 0.717) is 21.6 Å². The molecule has 0 saturated heterocycles. The molecule has 0 aliphatic carbocycles. The standard InChI is InChI=1S/C11H10ClNO2S/c1-15-11(14)4-8-9(5-12)7(6-13)2-3-10(8)16/h2-3,16H,4-5H2,1H3. The van der Waals surface area contributed by atoms with E-state index < -0.39 is 0 Å². The fourth-order valence-corrected chi connectivity index (χ4v) is 1.95. The van der Waals surface area contributed by atoms with Gasteiger partial charge in [0.15, 0.2) is 0 Å². The molecule has 84 valence electrons. The zero-order valence-corrected chi connectivity index (χ0v) is 10.3. The zero-order chi connectivity index (χ0) is 12.1. The van der Waals surface area contributed by atoms with Gasteiger partial charge in [-0.3, -0.25) is 4.79 Å². The molecule has 0 aliphatic rings. The summed E-state index contributed by atoms with van der Waals surface area (Å²) in [4.78, 5) is 11.9. The van der Waals surface area contributed by atoms with E-state index in [4.69, 9.17) is 16.9 Å². The van der Waals surface area contributed by atoms with Crippen LogP contribution in [0.5, 0.6) is 0 Å². The quantitative estimate of drug-likeness (QED) is 0.512. The van der Waals surface area contributed by atoms with Gasteiger partial charge >= 0.3 is 5.97 Å². The van der Waals surface area contributed by atoms with E-state index in [1.165, 1.54) is 7.11 Å². The van der Waals surface area contributed by atoms with Gasteiger partial charge in [-0.05, 0) is 23.3 Å². The minimum atomic E-state index is -0.378. The number of methoxy groups -OCH3 is 1. The van der Waals surface area contributed by atoms with Crippen LogP contribution in [-0.2, 0) is 21.8 Å². The molecule has 1 aromatic rings. The predicted octanol–water partition coefficient (Wildman–Crippen LogP) is 2.30. The van der Waals surface area contributed by atoms with Gasteiger partial charge in [0.2, 0.25) is 0 Å². The topological polar surface area (TPSA) is 50.1 Å². The van der Waals surface area contributed by atoms with E-state index >= 15 is 0 Å². The summed E-state index contributed by atoms with van der Waals surface area (Å²) in [6.45, 7) is 0. The lowest BCUT2D eigenvalue weighted by atomic mass is 10.0. The fourth-order valence-electron chi connectivity index (χ4n) is 1.35. The maximum atomic E-state index is 11.2. The van der Waals surface area contributed by atoms with Crippen LogP contribution >= 0.6 is 24.2 Å². The Hall–Kier alpha value is -1.18. The number of carbonyl (C=O) groups excluding carboxylic acids is 1. The summed E-state index contributed by atoms with van der Waals surface area (Å²) in [5, 5.41) is 8.91. The van der Waals surface area contributed by atoms with Crippen molar-refractivity contribution in [3.63, 3.8) is 0 Å². The summed E-state index contributed by atoms with van der Waals surface area (Å²) in [7, 11) is 1.31. The van der Waals surface area contributed by atoms with Crippen molar-refractivity contribution >= 4 is 30.2 Å². The first-order chi connectivity index (χ1) is 7.63. The molecular formula is C11H10ClNO2S. The Labute approximate surface area is 104 Å². The van der Waals surface area contributed by atoms with E-state index in [0.717, 1.165) is 0 Å². The number of thiol groups is 1. The van der Waals surface area contributed by atoms with Gasteiger partial charge < -0.3 is 4.74 Å². The Morgan fingerprint density at radius 3 is 2.75 bits per heavy atom. The second-order valence-electron chi connectivity index (χ2n) is 3.09. The van der Waals surface area contributed by atoms with Crippen molar-refractivity contribution in [1.29, 1.82) is 5.26 Å². The first kappa shape index (κ1) is 12.9. The molecule has 0 atom stereocenters. The highest BCUT2D eigenvalue weighted by Crippen LogP contribution is 2.24. The maximum Gasteiger partial charge on any atom is 0.310 e. The Kier molecular flexibility index (Phi) is 4.66. The largest absolute Gasteiger partial charge is 0.469 e. The lowest BCUT2D eigenvalue weighted by molar-refractivity contribution is -0.139. The number of carbonyl (C=O) groups is 1. The molecule has 0 unspecified atom stereocenters. The summed E-state index contributed by atoms with van der Waals surface area (Å²) in [5.74, 6) is -0.208. The van der Waals surface area contributed by atoms with Crippen LogP contribution in [0.1, 0.15) is 16.7 Å². The molecular weight excluding hydrogens is 246 g/mol. The highest BCUT2D eigenvalue weighted by atomic mass is 35.5. The lowest BCUT2D eigenvalue weighted by Crippen LogP contribution is -2.08. The number of ether oxygens (including phenoxy) is 1. The smallest absolute Gasteiger partial charge is 0.310 e. The van der Waals surface area contributed by atoms with Crippen molar-refractivity contribution in [2.24, 2.45) is 0 Å². The molecule has 0 bridgehead atoms. The molecule has 0 aromatic heterocycles. The Bertz CT molecular complexity index is 454. The molecule has 0 spiro atoms. The van der Waals surface area contributed by atoms with Gasteiger partial charge in [-0.25, -0.2) is 0 Å². The van der Waals surface area contributed by atoms with Crippen LogP contribution in [0.4, 0.5) is 0 Å². The summed E-state index contributed by atoms with van der Waals surface area (Å²) in [6, 6.07) is 5.35. The lowest BCUT2D eigenvalue weighted by Gasteiger charge is -2.10. The number of nitriles is 1. The molecule has 1 aromatic carbocycles. The normalized spacial score (nSPS) is 9.62. The van der Waals surface area contributed by atoms with Gasteiger partial charge in [0, 0.05) is 10.8 Å². The number of alkyl halides is 1. The van der Waals surface area contributed by atoms with Gasteiger partial charge in [0.05, 0.1) is 25.2 Å². The van der Waals surface area contributed by atoms with Gasteiger partial charge in [0.25, 0.3) is 0 Å². The number of nitrogens with zero attached hydrogens (tertiary/aromatic N) is 1.